The maximum Gasteiger partial charge on any atom is 0.340 e. The van der Waals surface area contributed by atoms with Crippen molar-refractivity contribution >= 4 is 39.2 Å². The Morgan fingerprint density at radius 3 is 2.40 bits per heavy atom. The molecule has 0 unspecified atom stereocenters. The summed E-state index contributed by atoms with van der Waals surface area (Å²) in [4.78, 5) is 26.2. The second-order valence-electron chi connectivity index (χ2n) is 6.97. The normalized spacial score (nSPS) is 14.3. The van der Waals surface area contributed by atoms with E-state index in [1.165, 1.54) is 25.2 Å². The number of sulfonamides is 1. The van der Waals surface area contributed by atoms with Gasteiger partial charge >= 0.3 is 5.97 Å². The van der Waals surface area contributed by atoms with Gasteiger partial charge in [-0.15, -0.1) is 0 Å². The SMILES string of the molecule is CN(c1ccccc1)S(=O)(=O)c1ccc(Cl)c(C(=O)OCC(=O)N2CCCCC2)c1. The highest BCUT2D eigenvalue weighted by Gasteiger charge is 2.25. The van der Waals surface area contributed by atoms with Crippen molar-refractivity contribution in [3.05, 3.63) is 59.1 Å². The molecule has 1 heterocycles. The molecule has 30 heavy (non-hydrogen) atoms. The highest BCUT2D eigenvalue weighted by atomic mass is 35.5. The van der Waals surface area contributed by atoms with E-state index in [0.29, 0.717) is 18.8 Å². The minimum absolute atomic E-state index is 0.0479. The van der Waals surface area contributed by atoms with Gasteiger partial charge in [-0.25, -0.2) is 13.2 Å². The van der Waals surface area contributed by atoms with Crippen molar-refractivity contribution in [3.8, 4) is 0 Å². The number of ether oxygens (including phenoxy) is 1. The highest BCUT2D eigenvalue weighted by molar-refractivity contribution is 7.92. The topological polar surface area (TPSA) is 84.0 Å². The highest BCUT2D eigenvalue weighted by Crippen LogP contribution is 2.26. The first-order chi connectivity index (χ1) is 14.3. The van der Waals surface area contributed by atoms with Gasteiger partial charge in [0.15, 0.2) is 6.61 Å². The second-order valence-corrected chi connectivity index (χ2v) is 9.34. The summed E-state index contributed by atoms with van der Waals surface area (Å²) in [6, 6.07) is 12.4. The number of anilines is 1. The molecule has 0 radical (unpaired) electrons. The van der Waals surface area contributed by atoms with E-state index in [0.717, 1.165) is 23.6 Å². The number of hydrogen-bond donors (Lipinski definition) is 0. The molecule has 0 aromatic heterocycles. The number of amides is 1. The Hall–Kier alpha value is -2.58. The van der Waals surface area contributed by atoms with Crippen LogP contribution < -0.4 is 4.31 Å². The van der Waals surface area contributed by atoms with Crippen LogP contribution in [0.15, 0.2) is 53.4 Å². The summed E-state index contributed by atoms with van der Waals surface area (Å²) in [6.07, 6.45) is 2.94. The van der Waals surface area contributed by atoms with E-state index in [1.54, 1.807) is 35.2 Å². The summed E-state index contributed by atoms with van der Waals surface area (Å²) in [5.74, 6) is -1.11. The van der Waals surface area contributed by atoms with Gasteiger partial charge in [0, 0.05) is 20.1 Å². The van der Waals surface area contributed by atoms with Crippen LogP contribution in [0.4, 0.5) is 5.69 Å². The molecule has 1 aliphatic rings. The van der Waals surface area contributed by atoms with E-state index in [4.69, 9.17) is 16.3 Å². The number of rotatable bonds is 6. The fourth-order valence-electron chi connectivity index (χ4n) is 3.20. The molecule has 1 aliphatic heterocycles. The number of hydrogen-bond acceptors (Lipinski definition) is 5. The van der Waals surface area contributed by atoms with Crippen molar-refractivity contribution in [1.82, 2.24) is 4.90 Å². The zero-order valence-electron chi connectivity index (χ0n) is 16.6. The van der Waals surface area contributed by atoms with Gasteiger partial charge in [0.2, 0.25) is 0 Å². The molecule has 3 rings (SSSR count). The van der Waals surface area contributed by atoms with Gasteiger partial charge in [-0.3, -0.25) is 9.10 Å². The molecule has 0 bridgehead atoms. The molecule has 0 saturated carbocycles. The van der Waals surface area contributed by atoms with Gasteiger partial charge in [0.1, 0.15) is 0 Å². The van der Waals surface area contributed by atoms with Crippen molar-refractivity contribution in [1.29, 1.82) is 0 Å². The standard InChI is InChI=1S/C21H23ClN2O5S/c1-23(16-8-4-2-5-9-16)30(27,28)17-10-11-19(22)18(14-17)21(26)29-15-20(25)24-12-6-3-7-13-24/h2,4-5,8-11,14H,3,6-7,12-13,15H2,1H3. The summed E-state index contributed by atoms with van der Waals surface area (Å²) in [6.45, 7) is 0.892. The molecule has 160 valence electrons. The Morgan fingerprint density at radius 2 is 1.73 bits per heavy atom. The van der Waals surface area contributed by atoms with Crippen molar-refractivity contribution in [2.45, 2.75) is 24.2 Å². The van der Waals surface area contributed by atoms with Gasteiger partial charge in [-0.2, -0.15) is 0 Å². The number of piperidine rings is 1. The minimum atomic E-state index is -3.92. The smallest absolute Gasteiger partial charge is 0.340 e. The molecular weight excluding hydrogens is 428 g/mol. The summed E-state index contributed by atoms with van der Waals surface area (Å²) < 4.78 is 32.2. The minimum Gasteiger partial charge on any atom is -0.452 e. The average Bonchev–Trinajstić information content (AvgIpc) is 2.78. The third-order valence-corrected chi connectivity index (χ3v) is 7.08. The zero-order chi connectivity index (χ0) is 21.7. The Bertz CT molecular complexity index is 1020. The van der Waals surface area contributed by atoms with Crippen molar-refractivity contribution < 1.29 is 22.7 Å². The average molecular weight is 451 g/mol. The van der Waals surface area contributed by atoms with E-state index < -0.39 is 22.6 Å². The lowest BCUT2D eigenvalue weighted by molar-refractivity contribution is -0.135. The Balaban J connectivity index is 1.75. The van der Waals surface area contributed by atoms with Gasteiger partial charge in [-0.1, -0.05) is 29.8 Å². The monoisotopic (exact) mass is 450 g/mol. The maximum atomic E-state index is 13.0. The predicted octanol–water partition coefficient (Wildman–Crippen LogP) is 3.33. The molecule has 9 heteroatoms. The maximum absolute atomic E-state index is 13.0. The van der Waals surface area contributed by atoms with Crippen LogP contribution in [-0.4, -0.2) is 51.9 Å². The number of para-hydroxylation sites is 1. The molecule has 7 nitrogen and oxygen atoms in total. The number of benzene rings is 2. The lowest BCUT2D eigenvalue weighted by atomic mass is 10.1. The van der Waals surface area contributed by atoms with Crippen LogP contribution in [0.3, 0.4) is 0 Å². The van der Waals surface area contributed by atoms with Crippen LogP contribution in [0.5, 0.6) is 0 Å². The van der Waals surface area contributed by atoms with E-state index in [2.05, 4.69) is 0 Å². The van der Waals surface area contributed by atoms with Gasteiger partial charge in [-0.05, 0) is 49.6 Å². The lowest BCUT2D eigenvalue weighted by Gasteiger charge is -2.26. The zero-order valence-corrected chi connectivity index (χ0v) is 18.2. The predicted molar refractivity (Wildman–Crippen MR) is 114 cm³/mol. The fourth-order valence-corrected chi connectivity index (χ4v) is 4.61. The Morgan fingerprint density at radius 1 is 1.07 bits per heavy atom. The third-order valence-electron chi connectivity index (χ3n) is 4.97. The Kier molecular flexibility index (Phi) is 6.99. The quantitative estimate of drug-likeness (QED) is 0.630. The van der Waals surface area contributed by atoms with Crippen molar-refractivity contribution in [3.63, 3.8) is 0 Å². The molecule has 1 fully saturated rings. The molecule has 2 aromatic carbocycles. The van der Waals surface area contributed by atoms with Crippen LogP contribution in [0.25, 0.3) is 0 Å². The molecule has 2 aromatic rings. The van der Waals surface area contributed by atoms with E-state index in [-0.39, 0.29) is 21.4 Å². The molecule has 0 N–H and O–H groups in total. The number of esters is 1. The first-order valence-electron chi connectivity index (χ1n) is 9.59. The van der Waals surface area contributed by atoms with Gasteiger partial charge in [0.05, 0.1) is 21.2 Å². The molecule has 0 atom stereocenters. The van der Waals surface area contributed by atoms with Crippen LogP contribution >= 0.6 is 11.6 Å². The third kappa shape index (κ3) is 4.94. The van der Waals surface area contributed by atoms with E-state index in [9.17, 15) is 18.0 Å². The van der Waals surface area contributed by atoms with Crippen LogP contribution in [0.2, 0.25) is 5.02 Å². The molecular formula is C21H23ClN2O5S. The first-order valence-corrected chi connectivity index (χ1v) is 11.4. The summed E-state index contributed by atoms with van der Waals surface area (Å²) in [7, 11) is -2.50. The first kappa shape index (κ1) is 22.1. The number of nitrogens with zero attached hydrogens (tertiary/aromatic N) is 2. The molecule has 1 amide bonds. The number of carbonyl (C=O) groups is 2. The van der Waals surface area contributed by atoms with E-state index in [1.807, 2.05) is 0 Å². The number of likely N-dealkylation sites (tertiary alicyclic amines) is 1. The summed E-state index contributed by atoms with van der Waals surface area (Å²) in [5.41, 5.74) is 0.370. The largest absolute Gasteiger partial charge is 0.452 e. The fraction of sp³-hybridized carbons (Fsp3) is 0.333. The molecule has 1 saturated heterocycles. The van der Waals surface area contributed by atoms with Crippen LogP contribution in [0.1, 0.15) is 29.6 Å². The van der Waals surface area contributed by atoms with Crippen LogP contribution in [0, 0.1) is 0 Å². The Labute approximate surface area is 181 Å². The van der Waals surface area contributed by atoms with Crippen molar-refractivity contribution in [2.75, 3.05) is 31.0 Å². The lowest BCUT2D eigenvalue weighted by Crippen LogP contribution is -2.38. The second kappa shape index (κ2) is 9.49. The van der Waals surface area contributed by atoms with Gasteiger partial charge in [0.25, 0.3) is 15.9 Å². The van der Waals surface area contributed by atoms with E-state index >= 15 is 0 Å². The van der Waals surface area contributed by atoms with Crippen LogP contribution in [-0.2, 0) is 19.6 Å². The van der Waals surface area contributed by atoms with Gasteiger partial charge < -0.3 is 9.64 Å². The number of halogens is 1. The molecule has 0 aliphatic carbocycles. The summed E-state index contributed by atoms with van der Waals surface area (Å²) in [5, 5.41) is 0.0479. The summed E-state index contributed by atoms with van der Waals surface area (Å²) >= 11 is 6.10. The molecule has 0 spiro atoms. The van der Waals surface area contributed by atoms with Crippen molar-refractivity contribution in [2.24, 2.45) is 0 Å². The number of carbonyl (C=O) groups excluding carboxylic acids is 2.